The third kappa shape index (κ3) is 4.12. The van der Waals surface area contributed by atoms with Crippen molar-refractivity contribution in [3.63, 3.8) is 0 Å². The SMILES string of the molecule is Cc1cc(C)n(C(C)CC(=O)N2CCN(C(C)c3cccnc3)CC2)n1. The summed E-state index contributed by atoms with van der Waals surface area (Å²) in [5.74, 6) is 0.221. The second-order valence-corrected chi connectivity index (χ2v) is 7.30. The zero-order valence-corrected chi connectivity index (χ0v) is 16.2. The van der Waals surface area contributed by atoms with Crippen LogP contribution in [0.25, 0.3) is 0 Å². The highest BCUT2D eigenvalue weighted by atomic mass is 16.2. The van der Waals surface area contributed by atoms with E-state index in [-0.39, 0.29) is 11.9 Å². The number of piperazine rings is 1. The number of amides is 1. The van der Waals surface area contributed by atoms with E-state index < -0.39 is 0 Å². The van der Waals surface area contributed by atoms with Gasteiger partial charge in [-0.05, 0) is 45.4 Å². The van der Waals surface area contributed by atoms with E-state index in [1.807, 2.05) is 35.7 Å². The molecule has 0 aliphatic carbocycles. The molecule has 0 bridgehead atoms. The van der Waals surface area contributed by atoms with Crippen LogP contribution in [-0.4, -0.2) is 56.7 Å². The summed E-state index contributed by atoms with van der Waals surface area (Å²) in [6, 6.07) is 6.56. The number of carbonyl (C=O) groups excluding carboxylic acids is 1. The molecule has 2 atom stereocenters. The second kappa shape index (κ2) is 7.99. The standard InChI is InChI=1S/C20H29N5O/c1-15-12-16(2)25(22-15)17(3)13-20(26)24-10-8-23(9-11-24)18(4)19-6-5-7-21-14-19/h5-7,12,14,17-18H,8-11,13H2,1-4H3. The smallest absolute Gasteiger partial charge is 0.224 e. The van der Waals surface area contributed by atoms with Gasteiger partial charge in [-0.25, -0.2) is 0 Å². The Morgan fingerprint density at radius 2 is 1.92 bits per heavy atom. The van der Waals surface area contributed by atoms with Crippen molar-refractivity contribution < 1.29 is 4.79 Å². The Morgan fingerprint density at radius 1 is 1.19 bits per heavy atom. The summed E-state index contributed by atoms with van der Waals surface area (Å²) in [5.41, 5.74) is 3.34. The lowest BCUT2D eigenvalue weighted by Gasteiger charge is -2.38. The lowest BCUT2D eigenvalue weighted by atomic mass is 10.1. The summed E-state index contributed by atoms with van der Waals surface area (Å²) in [5, 5.41) is 4.51. The minimum absolute atomic E-state index is 0.0866. The first kappa shape index (κ1) is 18.6. The molecule has 2 unspecified atom stereocenters. The monoisotopic (exact) mass is 355 g/mol. The van der Waals surface area contributed by atoms with Crippen molar-refractivity contribution in [3.8, 4) is 0 Å². The Balaban J connectivity index is 1.53. The molecule has 3 rings (SSSR count). The van der Waals surface area contributed by atoms with E-state index in [1.54, 1.807) is 6.20 Å². The molecule has 2 aromatic heterocycles. The van der Waals surface area contributed by atoms with Gasteiger partial charge >= 0.3 is 0 Å². The number of hydrogen-bond donors (Lipinski definition) is 0. The summed E-state index contributed by atoms with van der Waals surface area (Å²) < 4.78 is 1.97. The second-order valence-electron chi connectivity index (χ2n) is 7.30. The minimum Gasteiger partial charge on any atom is -0.340 e. The van der Waals surface area contributed by atoms with Crippen LogP contribution in [0, 0.1) is 13.8 Å². The first-order valence-corrected chi connectivity index (χ1v) is 9.40. The molecule has 6 heteroatoms. The number of carbonyl (C=O) groups is 1. The fraction of sp³-hybridized carbons (Fsp3) is 0.550. The van der Waals surface area contributed by atoms with Crippen LogP contribution in [0.15, 0.2) is 30.6 Å². The van der Waals surface area contributed by atoms with Crippen LogP contribution < -0.4 is 0 Å². The summed E-state index contributed by atoms with van der Waals surface area (Å²) in [7, 11) is 0. The van der Waals surface area contributed by atoms with Gasteiger partial charge in [0, 0.05) is 56.7 Å². The normalized spacial score (nSPS) is 17.9. The number of pyridine rings is 1. The number of aromatic nitrogens is 3. The Morgan fingerprint density at radius 3 is 2.50 bits per heavy atom. The van der Waals surface area contributed by atoms with E-state index in [2.05, 4.69) is 41.0 Å². The summed E-state index contributed by atoms with van der Waals surface area (Å²) in [6.45, 7) is 11.7. The number of hydrogen-bond acceptors (Lipinski definition) is 4. The van der Waals surface area contributed by atoms with Gasteiger partial charge in [0.1, 0.15) is 0 Å². The molecular weight excluding hydrogens is 326 g/mol. The van der Waals surface area contributed by atoms with Gasteiger partial charge < -0.3 is 4.90 Å². The molecule has 0 aromatic carbocycles. The first-order chi connectivity index (χ1) is 12.5. The Labute approximate surface area is 155 Å². The predicted molar refractivity (Wildman–Crippen MR) is 102 cm³/mol. The largest absolute Gasteiger partial charge is 0.340 e. The molecule has 1 aliphatic rings. The molecule has 0 N–H and O–H groups in total. The predicted octanol–water partition coefficient (Wildman–Crippen LogP) is 2.75. The number of nitrogens with zero attached hydrogens (tertiary/aromatic N) is 5. The average Bonchev–Trinajstić information content (AvgIpc) is 3.00. The van der Waals surface area contributed by atoms with Gasteiger partial charge in [-0.3, -0.25) is 19.4 Å². The highest BCUT2D eigenvalue weighted by molar-refractivity contribution is 5.76. The molecule has 140 valence electrons. The molecule has 3 heterocycles. The summed E-state index contributed by atoms with van der Waals surface area (Å²) in [6.07, 6.45) is 4.23. The van der Waals surface area contributed by atoms with Crippen molar-refractivity contribution in [1.82, 2.24) is 24.6 Å². The highest BCUT2D eigenvalue weighted by Gasteiger charge is 2.26. The quantitative estimate of drug-likeness (QED) is 0.828. The van der Waals surface area contributed by atoms with Gasteiger partial charge in [-0.1, -0.05) is 6.07 Å². The maximum Gasteiger partial charge on any atom is 0.224 e. The van der Waals surface area contributed by atoms with Crippen molar-refractivity contribution in [2.75, 3.05) is 26.2 Å². The van der Waals surface area contributed by atoms with Crippen LogP contribution in [-0.2, 0) is 4.79 Å². The van der Waals surface area contributed by atoms with Gasteiger partial charge in [0.25, 0.3) is 0 Å². The molecule has 1 fully saturated rings. The third-order valence-electron chi connectivity index (χ3n) is 5.31. The topological polar surface area (TPSA) is 54.3 Å². The van der Waals surface area contributed by atoms with Crippen LogP contribution in [0.1, 0.15) is 49.3 Å². The third-order valence-corrected chi connectivity index (χ3v) is 5.31. The number of aryl methyl sites for hydroxylation is 2. The van der Waals surface area contributed by atoms with E-state index in [9.17, 15) is 4.79 Å². The molecule has 0 saturated carbocycles. The molecule has 6 nitrogen and oxygen atoms in total. The van der Waals surface area contributed by atoms with Gasteiger partial charge in [0.15, 0.2) is 0 Å². The van der Waals surface area contributed by atoms with Crippen LogP contribution in [0.3, 0.4) is 0 Å². The zero-order chi connectivity index (χ0) is 18.7. The summed E-state index contributed by atoms with van der Waals surface area (Å²) in [4.78, 5) is 21.3. The molecule has 26 heavy (non-hydrogen) atoms. The lowest BCUT2D eigenvalue weighted by molar-refractivity contribution is -0.134. The van der Waals surface area contributed by atoms with Crippen molar-refractivity contribution in [2.45, 2.75) is 46.2 Å². The minimum atomic E-state index is 0.0866. The number of rotatable bonds is 5. The molecule has 1 saturated heterocycles. The first-order valence-electron chi connectivity index (χ1n) is 9.40. The maximum absolute atomic E-state index is 12.7. The zero-order valence-electron chi connectivity index (χ0n) is 16.2. The van der Waals surface area contributed by atoms with Crippen LogP contribution in [0.5, 0.6) is 0 Å². The van der Waals surface area contributed by atoms with Gasteiger partial charge in [-0.15, -0.1) is 0 Å². The van der Waals surface area contributed by atoms with Crippen molar-refractivity contribution in [1.29, 1.82) is 0 Å². The van der Waals surface area contributed by atoms with Crippen molar-refractivity contribution in [2.24, 2.45) is 0 Å². The molecule has 1 amide bonds. The van der Waals surface area contributed by atoms with Crippen LogP contribution in [0.2, 0.25) is 0 Å². The molecule has 2 aromatic rings. The lowest BCUT2D eigenvalue weighted by Crippen LogP contribution is -2.49. The highest BCUT2D eigenvalue weighted by Crippen LogP contribution is 2.22. The van der Waals surface area contributed by atoms with Crippen molar-refractivity contribution >= 4 is 5.91 Å². The van der Waals surface area contributed by atoms with E-state index >= 15 is 0 Å². The van der Waals surface area contributed by atoms with E-state index in [0.717, 1.165) is 37.6 Å². The molecular formula is C20H29N5O. The van der Waals surface area contributed by atoms with Gasteiger partial charge in [0.05, 0.1) is 11.7 Å². The fourth-order valence-electron chi connectivity index (χ4n) is 3.75. The maximum atomic E-state index is 12.7. The van der Waals surface area contributed by atoms with Crippen LogP contribution >= 0.6 is 0 Å². The molecule has 0 spiro atoms. The summed E-state index contributed by atoms with van der Waals surface area (Å²) >= 11 is 0. The van der Waals surface area contributed by atoms with E-state index in [0.29, 0.717) is 12.5 Å². The van der Waals surface area contributed by atoms with E-state index in [4.69, 9.17) is 0 Å². The molecule has 0 radical (unpaired) electrons. The van der Waals surface area contributed by atoms with Crippen LogP contribution in [0.4, 0.5) is 0 Å². The Hall–Kier alpha value is -2.21. The Bertz CT molecular complexity index is 734. The Kier molecular flexibility index (Phi) is 5.71. The fourth-order valence-corrected chi connectivity index (χ4v) is 3.75. The average molecular weight is 355 g/mol. The van der Waals surface area contributed by atoms with Gasteiger partial charge in [0.2, 0.25) is 5.91 Å². The van der Waals surface area contributed by atoms with Crippen molar-refractivity contribution in [3.05, 3.63) is 47.5 Å². The van der Waals surface area contributed by atoms with E-state index in [1.165, 1.54) is 5.56 Å². The van der Waals surface area contributed by atoms with Gasteiger partial charge in [-0.2, -0.15) is 5.10 Å². The molecule has 1 aliphatic heterocycles.